The van der Waals surface area contributed by atoms with Crippen LogP contribution < -0.4 is 4.52 Å². The normalized spacial score (nSPS) is 11.8. The Balaban J connectivity index is 2.83. The summed E-state index contributed by atoms with van der Waals surface area (Å²) < 4.78 is 21.7. The van der Waals surface area contributed by atoms with Crippen molar-refractivity contribution >= 4 is 34.5 Å². The van der Waals surface area contributed by atoms with Crippen LogP contribution in [0.1, 0.15) is 19.6 Å². The highest BCUT2D eigenvalue weighted by Crippen LogP contribution is 2.50. The molecule has 0 amide bonds. The van der Waals surface area contributed by atoms with Crippen LogP contribution >= 0.6 is 22.6 Å². The predicted octanol–water partition coefficient (Wildman–Crippen LogP) is 3.42. The number of aromatic nitrogens is 1. The van der Waals surface area contributed by atoms with E-state index in [4.69, 9.17) is 29.9 Å². The van der Waals surface area contributed by atoms with Gasteiger partial charge in [0.15, 0.2) is 5.76 Å². The van der Waals surface area contributed by atoms with Gasteiger partial charge in [-0.2, -0.15) is 0 Å². The van der Waals surface area contributed by atoms with Crippen LogP contribution in [-0.2, 0) is 20.9 Å². The second kappa shape index (κ2) is 6.12. The van der Waals surface area contributed by atoms with Gasteiger partial charge in [0.1, 0.15) is 4.47 Å². The Morgan fingerprint density at radius 2 is 1.94 bits per heavy atom. The average molecular weight is 330 g/mol. The smallest absolute Gasteiger partial charge is 0.381 e. The summed E-state index contributed by atoms with van der Waals surface area (Å²) in [6.45, 7) is 3.48. The van der Waals surface area contributed by atoms with Crippen molar-refractivity contribution in [1.82, 2.24) is 5.16 Å². The fourth-order valence-corrected chi connectivity index (χ4v) is 3.25. The highest BCUT2D eigenvalue weighted by atomic mass is 79.9. The molecule has 0 radical (unpaired) electrons. The van der Waals surface area contributed by atoms with Crippen molar-refractivity contribution in [3.63, 3.8) is 0 Å². The van der Waals surface area contributed by atoms with E-state index in [1.54, 1.807) is 6.92 Å². The van der Waals surface area contributed by atoms with Crippen molar-refractivity contribution in [2.45, 2.75) is 20.8 Å². The number of halogens is 1. The van der Waals surface area contributed by atoms with Gasteiger partial charge in [-0.3, -0.25) is 9.05 Å². The van der Waals surface area contributed by atoms with E-state index in [9.17, 15) is 0 Å². The van der Waals surface area contributed by atoms with Crippen molar-refractivity contribution < 1.29 is 18.1 Å². The first-order valence-electron chi connectivity index (χ1n) is 4.73. The van der Waals surface area contributed by atoms with Crippen LogP contribution in [0.2, 0.25) is 0 Å². The first-order chi connectivity index (χ1) is 7.52. The van der Waals surface area contributed by atoms with Crippen molar-refractivity contribution in [2.75, 3.05) is 13.2 Å². The summed E-state index contributed by atoms with van der Waals surface area (Å²) >= 11 is 8.48. The third kappa shape index (κ3) is 3.53. The van der Waals surface area contributed by atoms with Crippen molar-refractivity contribution in [2.24, 2.45) is 0 Å². The lowest BCUT2D eigenvalue weighted by molar-refractivity contribution is 0.212. The van der Waals surface area contributed by atoms with Gasteiger partial charge in [-0.15, -0.1) is 0 Å². The molecule has 0 aliphatic heterocycles. The highest BCUT2D eigenvalue weighted by molar-refractivity contribution is 9.10. The number of aryl methyl sites for hydroxylation is 1. The minimum atomic E-state index is -2.77. The molecule has 0 bridgehead atoms. The lowest BCUT2D eigenvalue weighted by Gasteiger charge is -2.19. The maximum absolute atomic E-state index is 5.46. The van der Waals surface area contributed by atoms with Crippen LogP contribution in [0.5, 0.6) is 5.88 Å². The molecule has 8 heteroatoms. The van der Waals surface area contributed by atoms with E-state index in [0.29, 0.717) is 23.4 Å². The second-order valence-electron chi connectivity index (χ2n) is 2.73. The quantitative estimate of drug-likeness (QED) is 0.745. The van der Waals surface area contributed by atoms with Crippen LogP contribution in [0.4, 0.5) is 0 Å². The molecule has 1 rings (SSSR count). The van der Waals surface area contributed by atoms with Gasteiger partial charge in [0.25, 0.3) is 5.88 Å². The second-order valence-corrected chi connectivity index (χ2v) is 6.46. The molecule has 0 aliphatic rings. The summed E-state index contributed by atoms with van der Waals surface area (Å²) in [5.74, 6) is 0.882. The van der Waals surface area contributed by atoms with Gasteiger partial charge < -0.3 is 9.05 Å². The number of rotatable bonds is 6. The Hall–Kier alpha value is 0.0600. The number of nitrogens with zero attached hydrogens (tertiary/aromatic N) is 1. The third-order valence-corrected chi connectivity index (χ3v) is 4.83. The molecule has 0 N–H and O–H groups in total. The molecule has 0 saturated carbocycles. The largest absolute Gasteiger partial charge is 0.401 e. The monoisotopic (exact) mass is 329 g/mol. The fraction of sp³-hybridized carbons (Fsp3) is 0.625. The van der Waals surface area contributed by atoms with Crippen molar-refractivity contribution in [3.05, 3.63) is 10.2 Å². The molecule has 16 heavy (non-hydrogen) atoms. The summed E-state index contributed by atoms with van der Waals surface area (Å²) in [7, 11) is 0. The van der Waals surface area contributed by atoms with E-state index in [1.165, 1.54) is 0 Å². The molecular weight excluding hydrogens is 317 g/mol. The number of hydrogen-bond acceptors (Lipinski definition) is 6. The average Bonchev–Trinajstić information content (AvgIpc) is 2.50. The van der Waals surface area contributed by atoms with E-state index >= 15 is 0 Å². The summed E-state index contributed by atoms with van der Waals surface area (Å²) in [5, 5.41) is 3.72. The SMILES string of the molecule is CCOP(=S)(OCC)Oc1noc(C)c1Br. The minimum Gasteiger partial charge on any atom is -0.401 e. The molecule has 1 aromatic rings. The Bertz CT molecular complexity index is 387. The van der Waals surface area contributed by atoms with Gasteiger partial charge in [-0.25, -0.2) is 0 Å². The van der Waals surface area contributed by atoms with Crippen LogP contribution in [0.15, 0.2) is 9.00 Å². The van der Waals surface area contributed by atoms with E-state index < -0.39 is 6.72 Å². The molecule has 0 atom stereocenters. The lowest BCUT2D eigenvalue weighted by Crippen LogP contribution is -2.02. The molecule has 0 saturated heterocycles. The molecule has 1 aromatic heterocycles. The predicted molar refractivity (Wildman–Crippen MR) is 67.1 cm³/mol. The maximum Gasteiger partial charge on any atom is 0.381 e. The Kier molecular flexibility index (Phi) is 5.40. The van der Waals surface area contributed by atoms with E-state index in [1.807, 2.05) is 13.8 Å². The van der Waals surface area contributed by atoms with Gasteiger partial charge in [-0.1, -0.05) is 0 Å². The molecule has 0 aromatic carbocycles. The Morgan fingerprint density at radius 3 is 2.31 bits per heavy atom. The van der Waals surface area contributed by atoms with Gasteiger partial charge in [-0.05, 0) is 41.9 Å². The number of hydrogen-bond donors (Lipinski definition) is 0. The van der Waals surface area contributed by atoms with Crippen LogP contribution in [0, 0.1) is 6.92 Å². The van der Waals surface area contributed by atoms with E-state index in [0.717, 1.165) is 0 Å². The van der Waals surface area contributed by atoms with Crippen LogP contribution in [0.3, 0.4) is 0 Å². The molecule has 0 aliphatic carbocycles. The van der Waals surface area contributed by atoms with Crippen molar-refractivity contribution in [1.29, 1.82) is 0 Å². The van der Waals surface area contributed by atoms with E-state index in [-0.39, 0.29) is 5.88 Å². The standard InChI is InChI=1S/C8H13BrNO4PS/c1-4-11-15(16,12-5-2)14-8-7(9)6(3)13-10-8/h4-5H2,1-3H3. The zero-order valence-electron chi connectivity index (χ0n) is 9.23. The zero-order chi connectivity index (χ0) is 12.2. The lowest BCUT2D eigenvalue weighted by atomic mass is 10.5. The molecule has 1 heterocycles. The Labute approximate surface area is 108 Å². The van der Waals surface area contributed by atoms with Crippen LogP contribution in [0.25, 0.3) is 0 Å². The van der Waals surface area contributed by atoms with Gasteiger partial charge in [0.2, 0.25) is 0 Å². The first-order valence-corrected chi connectivity index (χ1v) is 8.07. The fourth-order valence-electron chi connectivity index (χ4n) is 0.909. The third-order valence-electron chi connectivity index (χ3n) is 1.54. The van der Waals surface area contributed by atoms with E-state index in [2.05, 4.69) is 21.1 Å². The first kappa shape index (κ1) is 14.1. The topological polar surface area (TPSA) is 53.7 Å². The molecular formula is C8H13BrNO4PS. The van der Waals surface area contributed by atoms with Gasteiger partial charge in [0.05, 0.1) is 13.2 Å². The van der Waals surface area contributed by atoms with Crippen LogP contribution in [-0.4, -0.2) is 18.4 Å². The maximum atomic E-state index is 5.46. The van der Waals surface area contributed by atoms with Crippen molar-refractivity contribution in [3.8, 4) is 5.88 Å². The van der Waals surface area contributed by atoms with Gasteiger partial charge >= 0.3 is 6.72 Å². The summed E-state index contributed by atoms with van der Waals surface area (Å²) in [6, 6.07) is 0. The summed E-state index contributed by atoms with van der Waals surface area (Å²) in [4.78, 5) is 0. The molecule has 92 valence electrons. The molecule has 0 fully saturated rings. The van der Waals surface area contributed by atoms with Gasteiger partial charge in [0, 0.05) is 11.8 Å². The molecule has 0 unspecified atom stereocenters. The zero-order valence-corrected chi connectivity index (χ0v) is 12.5. The minimum absolute atomic E-state index is 0.266. The summed E-state index contributed by atoms with van der Waals surface area (Å²) in [6.07, 6.45) is 0. The summed E-state index contributed by atoms with van der Waals surface area (Å²) in [5.41, 5.74) is 0. The molecule has 5 nitrogen and oxygen atoms in total. The highest BCUT2D eigenvalue weighted by Gasteiger charge is 2.25. The Morgan fingerprint density at radius 1 is 1.38 bits per heavy atom. The molecule has 0 spiro atoms.